The highest BCUT2D eigenvalue weighted by atomic mass is 16.2. The number of carbonyl (C=O) groups is 1. The van der Waals surface area contributed by atoms with Gasteiger partial charge in [0.25, 0.3) is 0 Å². The predicted octanol–water partition coefficient (Wildman–Crippen LogP) is 3.08. The fourth-order valence-electron chi connectivity index (χ4n) is 3.74. The minimum absolute atomic E-state index is 0.210. The molecule has 7 heteroatoms. The maximum absolute atomic E-state index is 12.6. The van der Waals surface area contributed by atoms with E-state index in [0.29, 0.717) is 18.9 Å². The summed E-state index contributed by atoms with van der Waals surface area (Å²) in [6, 6.07) is 10.4. The van der Waals surface area contributed by atoms with Crippen LogP contribution in [0.1, 0.15) is 42.3 Å². The van der Waals surface area contributed by atoms with Gasteiger partial charge in [-0.15, -0.1) is 5.10 Å². The number of nitrogens with one attached hydrogen (secondary N) is 1. The van der Waals surface area contributed by atoms with Crippen molar-refractivity contribution in [1.29, 1.82) is 0 Å². The summed E-state index contributed by atoms with van der Waals surface area (Å²) in [5.41, 5.74) is 5.20. The van der Waals surface area contributed by atoms with Crippen LogP contribution in [0.2, 0.25) is 0 Å². The molecule has 1 fully saturated rings. The van der Waals surface area contributed by atoms with Crippen LogP contribution in [-0.4, -0.2) is 49.1 Å². The Kier molecular flexibility index (Phi) is 5.23. The van der Waals surface area contributed by atoms with Crippen molar-refractivity contribution < 1.29 is 4.79 Å². The molecule has 4 rings (SSSR count). The predicted molar refractivity (Wildman–Crippen MR) is 107 cm³/mol. The summed E-state index contributed by atoms with van der Waals surface area (Å²) in [5, 5.41) is 15.9. The van der Waals surface area contributed by atoms with Gasteiger partial charge >= 0.3 is 0 Å². The van der Waals surface area contributed by atoms with Gasteiger partial charge < -0.3 is 4.90 Å². The van der Waals surface area contributed by atoms with Gasteiger partial charge in [-0.3, -0.25) is 9.89 Å². The summed E-state index contributed by atoms with van der Waals surface area (Å²) >= 11 is 0. The molecule has 7 nitrogen and oxygen atoms in total. The molecule has 1 aliphatic rings. The zero-order valence-electron chi connectivity index (χ0n) is 16.4. The van der Waals surface area contributed by atoms with Crippen LogP contribution in [0.15, 0.2) is 36.5 Å². The zero-order valence-corrected chi connectivity index (χ0v) is 16.4. The van der Waals surface area contributed by atoms with Gasteiger partial charge in [-0.1, -0.05) is 35.5 Å². The molecule has 3 heterocycles. The number of H-pyrrole nitrogens is 1. The number of rotatable bonds is 5. The smallest absolute Gasteiger partial charge is 0.222 e. The van der Waals surface area contributed by atoms with Crippen LogP contribution >= 0.6 is 0 Å². The summed E-state index contributed by atoms with van der Waals surface area (Å²) in [7, 11) is 0. The topological polar surface area (TPSA) is 79.7 Å². The highest BCUT2D eigenvalue weighted by molar-refractivity contribution is 5.76. The lowest BCUT2D eigenvalue weighted by molar-refractivity contribution is -0.132. The lowest BCUT2D eigenvalue weighted by Crippen LogP contribution is -2.39. The Hall–Kier alpha value is -2.96. The van der Waals surface area contributed by atoms with Crippen LogP contribution in [0.4, 0.5) is 0 Å². The minimum Gasteiger partial charge on any atom is -0.343 e. The number of aryl methyl sites for hydroxylation is 2. The van der Waals surface area contributed by atoms with Gasteiger partial charge in [0.2, 0.25) is 5.91 Å². The standard InChI is InChI=1S/C21H26N6O/c1-15-16(2)22-23-19(15)8-9-21(28)26-12-10-18(11-13-26)27-14-20(24-25-27)17-6-4-3-5-7-17/h3-7,14,18H,8-13H2,1-2H3,(H,22,23). The maximum Gasteiger partial charge on any atom is 0.222 e. The first kappa shape index (κ1) is 18.4. The van der Waals surface area contributed by atoms with Gasteiger partial charge in [0.05, 0.1) is 17.9 Å². The van der Waals surface area contributed by atoms with E-state index in [0.717, 1.165) is 54.1 Å². The SMILES string of the molecule is Cc1[nH]nc(CCC(=O)N2CCC(n3cc(-c4ccccc4)nn3)CC2)c1C. The van der Waals surface area contributed by atoms with Crippen LogP contribution in [0.3, 0.4) is 0 Å². The van der Waals surface area contributed by atoms with E-state index < -0.39 is 0 Å². The summed E-state index contributed by atoms with van der Waals surface area (Å²) in [5.74, 6) is 0.210. The zero-order chi connectivity index (χ0) is 19.5. The van der Waals surface area contributed by atoms with Crippen molar-refractivity contribution in [2.75, 3.05) is 13.1 Å². The van der Waals surface area contributed by atoms with Crippen molar-refractivity contribution in [3.8, 4) is 11.3 Å². The Balaban J connectivity index is 1.30. The van der Waals surface area contributed by atoms with Crippen LogP contribution in [0.25, 0.3) is 11.3 Å². The molecule has 1 aliphatic heterocycles. The Morgan fingerprint density at radius 2 is 1.93 bits per heavy atom. The van der Waals surface area contributed by atoms with Crippen molar-refractivity contribution in [3.63, 3.8) is 0 Å². The van der Waals surface area contributed by atoms with Crippen LogP contribution < -0.4 is 0 Å². The number of nitrogens with zero attached hydrogens (tertiary/aromatic N) is 5. The molecule has 0 saturated carbocycles. The number of hydrogen-bond acceptors (Lipinski definition) is 4. The van der Waals surface area contributed by atoms with Gasteiger partial charge in [-0.2, -0.15) is 5.10 Å². The number of carbonyl (C=O) groups excluding carboxylic acids is 1. The first-order valence-electron chi connectivity index (χ1n) is 9.87. The fraction of sp³-hybridized carbons (Fsp3) is 0.429. The Morgan fingerprint density at radius 1 is 1.18 bits per heavy atom. The molecule has 0 atom stereocenters. The molecule has 28 heavy (non-hydrogen) atoms. The number of hydrogen-bond donors (Lipinski definition) is 1. The van der Waals surface area contributed by atoms with E-state index >= 15 is 0 Å². The molecule has 146 valence electrons. The lowest BCUT2D eigenvalue weighted by Gasteiger charge is -2.31. The number of aromatic amines is 1. The lowest BCUT2D eigenvalue weighted by atomic mass is 10.0. The summed E-state index contributed by atoms with van der Waals surface area (Å²) < 4.78 is 1.96. The van der Waals surface area contributed by atoms with Crippen molar-refractivity contribution >= 4 is 5.91 Å². The quantitative estimate of drug-likeness (QED) is 0.740. The van der Waals surface area contributed by atoms with Crippen molar-refractivity contribution in [1.82, 2.24) is 30.1 Å². The Morgan fingerprint density at radius 3 is 2.61 bits per heavy atom. The summed E-state index contributed by atoms with van der Waals surface area (Å²) in [6.07, 6.45) is 5.03. The molecule has 1 N–H and O–H groups in total. The molecule has 0 spiro atoms. The van der Waals surface area contributed by atoms with Crippen LogP contribution in [0.5, 0.6) is 0 Å². The Bertz CT molecular complexity index is 937. The van der Waals surface area contributed by atoms with E-state index in [4.69, 9.17) is 0 Å². The highest BCUT2D eigenvalue weighted by Gasteiger charge is 2.25. The normalized spacial score (nSPS) is 15.1. The second kappa shape index (κ2) is 7.96. The molecular weight excluding hydrogens is 352 g/mol. The van der Waals surface area contributed by atoms with Gasteiger partial charge in [-0.25, -0.2) is 4.68 Å². The molecule has 0 radical (unpaired) electrons. The van der Waals surface area contributed by atoms with E-state index in [9.17, 15) is 4.79 Å². The number of amides is 1. The minimum atomic E-state index is 0.210. The average molecular weight is 378 g/mol. The molecule has 1 aromatic carbocycles. The first-order valence-corrected chi connectivity index (χ1v) is 9.87. The molecule has 1 amide bonds. The van der Waals surface area contributed by atoms with E-state index in [2.05, 4.69) is 20.5 Å². The largest absolute Gasteiger partial charge is 0.343 e. The Labute approximate surface area is 164 Å². The number of piperidine rings is 1. The van der Waals surface area contributed by atoms with E-state index in [1.807, 2.05) is 60.0 Å². The van der Waals surface area contributed by atoms with Gasteiger partial charge in [0.1, 0.15) is 5.69 Å². The second-order valence-corrected chi connectivity index (χ2v) is 7.48. The monoisotopic (exact) mass is 378 g/mol. The van der Waals surface area contributed by atoms with Crippen molar-refractivity contribution in [3.05, 3.63) is 53.5 Å². The third kappa shape index (κ3) is 3.83. The number of likely N-dealkylation sites (tertiary alicyclic amines) is 1. The molecule has 0 aliphatic carbocycles. The summed E-state index contributed by atoms with van der Waals surface area (Å²) in [4.78, 5) is 14.5. The van der Waals surface area contributed by atoms with Crippen molar-refractivity contribution in [2.24, 2.45) is 0 Å². The van der Waals surface area contributed by atoms with Crippen molar-refractivity contribution in [2.45, 2.75) is 45.6 Å². The third-order valence-electron chi connectivity index (χ3n) is 5.70. The fourth-order valence-corrected chi connectivity index (χ4v) is 3.74. The van der Waals surface area contributed by atoms with E-state index in [1.165, 1.54) is 0 Å². The molecule has 0 unspecified atom stereocenters. The highest BCUT2D eigenvalue weighted by Crippen LogP contribution is 2.24. The van der Waals surface area contributed by atoms with E-state index in [-0.39, 0.29) is 5.91 Å². The van der Waals surface area contributed by atoms with Gasteiger partial charge in [-0.05, 0) is 32.3 Å². The third-order valence-corrected chi connectivity index (χ3v) is 5.70. The molecule has 3 aromatic rings. The van der Waals surface area contributed by atoms with Crippen LogP contribution in [0, 0.1) is 13.8 Å². The first-order chi connectivity index (χ1) is 13.6. The number of benzene rings is 1. The van der Waals surface area contributed by atoms with E-state index in [1.54, 1.807) is 0 Å². The average Bonchev–Trinajstić information content (AvgIpc) is 3.35. The number of aromatic nitrogens is 5. The molecule has 2 aromatic heterocycles. The van der Waals surface area contributed by atoms with Crippen LogP contribution in [-0.2, 0) is 11.2 Å². The summed E-state index contributed by atoms with van der Waals surface area (Å²) in [6.45, 7) is 5.59. The molecule has 1 saturated heterocycles. The molecule has 0 bridgehead atoms. The van der Waals surface area contributed by atoms with Gasteiger partial charge in [0, 0.05) is 37.2 Å². The molecular formula is C21H26N6O. The second-order valence-electron chi connectivity index (χ2n) is 7.48. The maximum atomic E-state index is 12.6. The van der Waals surface area contributed by atoms with Gasteiger partial charge in [0.15, 0.2) is 0 Å².